The van der Waals surface area contributed by atoms with Crippen molar-refractivity contribution < 1.29 is 15.3 Å². The van der Waals surface area contributed by atoms with Crippen molar-refractivity contribution in [1.82, 2.24) is 0 Å². The molecule has 0 spiro atoms. The number of carbonyl (C=O) groups excluding carboxylic acids is 1. The Morgan fingerprint density at radius 3 is 2.07 bits per heavy atom. The normalized spacial score (nSPS) is 10.3. The van der Waals surface area contributed by atoms with Gasteiger partial charge in [0.15, 0.2) is 6.54 Å². The van der Waals surface area contributed by atoms with Gasteiger partial charge in [0.25, 0.3) is 0 Å². The highest BCUT2D eigenvalue weighted by molar-refractivity contribution is 5.69. The molecule has 0 saturated carbocycles. The van der Waals surface area contributed by atoms with Crippen LogP contribution in [0.5, 0.6) is 0 Å². The van der Waals surface area contributed by atoms with Crippen molar-refractivity contribution in [1.29, 1.82) is 0 Å². The molecule has 90 valence electrons. The summed E-state index contributed by atoms with van der Waals surface area (Å²) in [5.74, 6) is -0.182. The number of carbonyl (C=O) groups is 1. The van der Waals surface area contributed by atoms with Crippen LogP contribution in [0.1, 0.15) is 58.3 Å². The lowest BCUT2D eigenvalue weighted by Crippen LogP contribution is -2.54. The number of quaternary nitrogens is 1. The van der Waals surface area contributed by atoms with Crippen LogP contribution in [0.3, 0.4) is 0 Å². The Hall–Kier alpha value is -0.570. The molecule has 0 aromatic carbocycles. The van der Waals surface area contributed by atoms with Crippen LogP contribution in [-0.4, -0.2) is 19.1 Å². The Morgan fingerprint density at radius 1 is 1.00 bits per heavy atom. The van der Waals surface area contributed by atoms with Crippen LogP contribution >= 0.6 is 0 Å². The van der Waals surface area contributed by atoms with Crippen molar-refractivity contribution >= 4 is 5.97 Å². The van der Waals surface area contributed by atoms with Gasteiger partial charge in [-0.15, -0.1) is 0 Å². The highest BCUT2D eigenvalue weighted by Gasteiger charge is 1.99. The first-order chi connectivity index (χ1) is 7.31. The lowest BCUT2D eigenvalue weighted by Gasteiger charge is -2.02. The third kappa shape index (κ3) is 11.4. The quantitative estimate of drug-likeness (QED) is 0.448. The second-order valence-corrected chi connectivity index (χ2v) is 3.95. The standard InChI is InChI=1S/C12H25NO2/c1-2-3-4-5-6-7-8-9-10-15-12(14)11-13/h2-11,13H2,1H3/p+1. The summed E-state index contributed by atoms with van der Waals surface area (Å²) >= 11 is 0. The molecular formula is C12H26NO2+. The van der Waals surface area contributed by atoms with Gasteiger partial charge >= 0.3 is 5.97 Å². The predicted molar refractivity (Wildman–Crippen MR) is 61.3 cm³/mol. The molecule has 0 atom stereocenters. The molecule has 3 N–H and O–H groups in total. The second-order valence-electron chi connectivity index (χ2n) is 3.95. The first-order valence-electron chi connectivity index (χ1n) is 6.26. The zero-order chi connectivity index (χ0) is 11.4. The van der Waals surface area contributed by atoms with E-state index < -0.39 is 0 Å². The minimum Gasteiger partial charge on any atom is -0.462 e. The lowest BCUT2D eigenvalue weighted by atomic mass is 10.1. The van der Waals surface area contributed by atoms with E-state index in [0.717, 1.165) is 6.42 Å². The predicted octanol–water partition coefficient (Wildman–Crippen LogP) is 1.91. The van der Waals surface area contributed by atoms with E-state index in [4.69, 9.17) is 4.74 Å². The monoisotopic (exact) mass is 216 g/mol. The largest absolute Gasteiger partial charge is 0.462 e. The summed E-state index contributed by atoms with van der Waals surface area (Å²) in [5, 5.41) is 0. The summed E-state index contributed by atoms with van der Waals surface area (Å²) in [7, 11) is 0. The second kappa shape index (κ2) is 11.5. The number of hydrogen-bond acceptors (Lipinski definition) is 2. The Bertz CT molecular complexity index is 149. The molecular weight excluding hydrogens is 190 g/mol. The molecule has 3 heteroatoms. The van der Waals surface area contributed by atoms with E-state index in [1.165, 1.54) is 44.9 Å². The van der Waals surface area contributed by atoms with Crippen LogP contribution < -0.4 is 5.73 Å². The van der Waals surface area contributed by atoms with Crippen LogP contribution in [0.25, 0.3) is 0 Å². The molecule has 3 nitrogen and oxygen atoms in total. The van der Waals surface area contributed by atoms with Crippen LogP contribution in [0.15, 0.2) is 0 Å². The number of rotatable bonds is 10. The number of esters is 1. The van der Waals surface area contributed by atoms with Crippen LogP contribution in [0, 0.1) is 0 Å². The topological polar surface area (TPSA) is 53.9 Å². The van der Waals surface area contributed by atoms with Gasteiger partial charge in [0.05, 0.1) is 6.61 Å². The highest BCUT2D eigenvalue weighted by Crippen LogP contribution is 2.08. The average Bonchev–Trinajstić information content (AvgIpc) is 2.26. The summed E-state index contributed by atoms with van der Waals surface area (Å²) in [6.07, 6.45) is 10.2. The van der Waals surface area contributed by atoms with Crippen molar-refractivity contribution in [2.45, 2.75) is 58.3 Å². The Labute approximate surface area is 93.4 Å². The van der Waals surface area contributed by atoms with Crippen LogP contribution in [0.4, 0.5) is 0 Å². The van der Waals surface area contributed by atoms with Gasteiger partial charge in [-0.25, -0.2) is 4.79 Å². The molecule has 0 saturated heterocycles. The van der Waals surface area contributed by atoms with Crippen molar-refractivity contribution in [2.24, 2.45) is 0 Å². The van der Waals surface area contributed by atoms with Gasteiger partial charge in [-0.3, -0.25) is 0 Å². The maximum Gasteiger partial charge on any atom is 0.361 e. The Balaban J connectivity index is 2.95. The van der Waals surface area contributed by atoms with E-state index in [0.29, 0.717) is 6.61 Å². The molecule has 0 amide bonds. The fourth-order valence-corrected chi connectivity index (χ4v) is 1.49. The number of unbranched alkanes of at least 4 members (excludes halogenated alkanes) is 7. The van der Waals surface area contributed by atoms with Crippen molar-refractivity contribution in [3.63, 3.8) is 0 Å². The first-order valence-corrected chi connectivity index (χ1v) is 6.26. The molecule has 0 unspecified atom stereocenters. The smallest absolute Gasteiger partial charge is 0.361 e. The van der Waals surface area contributed by atoms with E-state index in [2.05, 4.69) is 12.7 Å². The zero-order valence-corrected chi connectivity index (χ0v) is 10.1. The molecule has 0 aromatic rings. The van der Waals surface area contributed by atoms with Gasteiger partial charge in [-0.2, -0.15) is 0 Å². The molecule has 15 heavy (non-hydrogen) atoms. The van der Waals surface area contributed by atoms with Gasteiger partial charge in [0.1, 0.15) is 0 Å². The van der Waals surface area contributed by atoms with E-state index in [1.54, 1.807) is 0 Å². The minimum atomic E-state index is -0.182. The first kappa shape index (κ1) is 14.4. The van der Waals surface area contributed by atoms with Crippen LogP contribution in [-0.2, 0) is 9.53 Å². The Kier molecular flexibility index (Phi) is 11.1. The minimum absolute atomic E-state index is 0.182. The van der Waals surface area contributed by atoms with Crippen molar-refractivity contribution in [3.8, 4) is 0 Å². The molecule has 0 aliphatic carbocycles. The lowest BCUT2D eigenvalue weighted by molar-refractivity contribution is -0.359. The molecule has 0 aliphatic rings. The summed E-state index contributed by atoms with van der Waals surface area (Å²) in [6, 6.07) is 0. The van der Waals surface area contributed by atoms with E-state index in [1.807, 2.05) is 0 Å². The summed E-state index contributed by atoms with van der Waals surface area (Å²) in [5.41, 5.74) is 3.47. The number of ether oxygens (including phenoxy) is 1. The Morgan fingerprint density at radius 2 is 1.53 bits per heavy atom. The molecule has 0 radical (unpaired) electrons. The molecule has 0 aromatic heterocycles. The maximum atomic E-state index is 10.7. The highest BCUT2D eigenvalue weighted by atomic mass is 16.5. The molecule has 0 aliphatic heterocycles. The van der Waals surface area contributed by atoms with Crippen molar-refractivity contribution in [3.05, 3.63) is 0 Å². The van der Waals surface area contributed by atoms with E-state index >= 15 is 0 Å². The van der Waals surface area contributed by atoms with Crippen molar-refractivity contribution in [2.75, 3.05) is 13.2 Å². The average molecular weight is 216 g/mol. The zero-order valence-electron chi connectivity index (χ0n) is 10.1. The van der Waals surface area contributed by atoms with Gasteiger partial charge in [0.2, 0.25) is 0 Å². The van der Waals surface area contributed by atoms with E-state index in [9.17, 15) is 4.79 Å². The molecule has 0 heterocycles. The van der Waals surface area contributed by atoms with Gasteiger partial charge < -0.3 is 10.5 Å². The summed E-state index contributed by atoms with van der Waals surface area (Å²) < 4.78 is 4.93. The fourth-order valence-electron chi connectivity index (χ4n) is 1.49. The molecule has 0 bridgehead atoms. The summed E-state index contributed by atoms with van der Waals surface area (Å²) in [6.45, 7) is 3.05. The summed E-state index contributed by atoms with van der Waals surface area (Å²) in [4.78, 5) is 10.7. The molecule has 0 fully saturated rings. The van der Waals surface area contributed by atoms with Gasteiger partial charge in [-0.1, -0.05) is 51.9 Å². The third-order valence-electron chi connectivity index (χ3n) is 2.47. The van der Waals surface area contributed by atoms with Gasteiger partial charge in [0, 0.05) is 0 Å². The van der Waals surface area contributed by atoms with Gasteiger partial charge in [-0.05, 0) is 6.42 Å². The molecule has 0 rings (SSSR count). The number of hydrogen-bond donors (Lipinski definition) is 1. The van der Waals surface area contributed by atoms with E-state index in [-0.39, 0.29) is 12.5 Å². The third-order valence-corrected chi connectivity index (χ3v) is 2.47. The fraction of sp³-hybridized carbons (Fsp3) is 0.917. The SMILES string of the molecule is CCCCCCCCCCOC(=O)C[NH3+]. The van der Waals surface area contributed by atoms with Crippen LogP contribution in [0.2, 0.25) is 0 Å². The maximum absolute atomic E-state index is 10.7.